The molecular weight excluding hydrogens is 224 g/mol. The van der Waals surface area contributed by atoms with Gasteiger partial charge < -0.3 is 4.74 Å². The predicted octanol–water partition coefficient (Wildman–Crippen LogP) is 3.56. The van der Waals surface area contributed by atoms with Gasteiger partial charge in [0.1, 0.15) is 0 Å². The number of rotatable bonds is 1. The molecule has 2 nitrogen and oxygen atoms in total. The number of fused-ring (bicyclic) bond motifs is 1. The highest BCUT2D eigenvalue weighted by Gasteiger charge is 2.37. The Bertz CT molecular complexity index is 660. The number of hydrogen-bond acceptors (Lipinski definition) is 2. The molecule has 0 unspecified atom stereocenters. The molecule has 0 saturated heterocycles. The SMILES string of the molecule is CC1(C)OC=C(c2cccc3ccccc23)C1=O. The summed E-state index contributed by atoms with van der Waals surface area (Å²) < 4.78 is 5.46. The average Bonchev–Trinajstić information content (AvgIpc) is 2.64. The van der Waals surface area contributed by atoms with Gasteiger partial charge in [-0.2, -0.15) is 0 Å². The largest absolute Gasteiger partial charge is 0.487 e. The van der Waals surface area contributed by atoms with Crippen LogP contribution in [-0.2, 0) is 9.53 Å². The van der Waals surface area contributed by atoms with E-state index in [-0.39, 0.29) is 5.78 Å². The van der Waals surface area contributed by atoms with Gasteiger partial charge in [-0.1, -0.05) is 42.5 Å². The van der Waals surface area contributed by atoms with Crippen LogP contribution in [0, 0.1) is 0 Å². The third kappa shape index (κ3) is 1.53. The topological polar surface area (TPSA) is 26.3 Å². The Kier molecular flexibility index (Phi) is 2.27. The molecule has 0 radical (unpaired) electrons. The smallest absolute Gasteiger partial charge is 0.209 e. The lowest BCUT2D eigenvalue weighted by molar-refractivity contribution is -0.125. The van der Waals surface area contributed by atoms with E-state index in [1.807, 2.05) is 42.5 Å². The van der Waals surface area contributed by atoms with Crippen molar-refractivity contribution >= 4 is 22.1 Å². The fourth-order valence-corrected chi connectivity index (χ4v) is 2.28. The molecule has 2 aromatic rings. The van der Waals surface area contributed by atoms with E-state index >= 15 is 0 Å². The Hall–Kier alpha value is -2.09. The minimum absolute atomic E-state index is 0.0406. The number of carbonyl (C=O) groups excluding carboxylic acids is 1. The minimum Gasteiger partial charge on any atom is -0.487 e. The van der Waals surface area contributed by atoms with Crippen molar-refractivity contribution in [2.75, 3.05) is 0 Å². The zero-order valence-electron chi connectivity index (χ0n) is 10.4. The van der Waals surface area contributed by atoms with Gasteiger partial charge in [0.2, 0.25) is 5.78 Å². The normalized spacial score (nSPS) is 17.7. The van der Waals surface area contributed by atoms with Crippen LogP contribution in [0.15, 0.2) is 48.7 Å². The summed E-state index contributed by atoms with van der Waals surface area (Å²) in [4.78, 5) is 12.3. The van der Waals surface area contributed by atoms with Crippen LogP contribution in [0.4, 0.5) is 0 Å². The maximum absolute atomic E-state index is 12.3. The highest BCUT2D eigenvalue weighted by atomic mass is 16.5. The van der Waals surface area contributed by atoms with E-state index in [0.29, 0.717) is 5.57 Å². The highest BCUT2D eigenvalue weighted by molar-refractivity contribution is 6.28. The highest BCUT2D eigenvalue weighted by Crippen LogP contribution is 2.34. The molecule has 18 heavy (non-hydrogen) atoms. The Morgan fingerprint density at radius 1 is 1.00 bits per heavy atom. The number of ether oxygens (including phenoxy) is 1. The first-order valence-corrected chi connectivity index (χ1v) is 6.00. The average molecular weight is 238 g/mol. The fourth-order valence-electron chi connectivity index (χ4n) is 2.28. The first-order valence-electron chi connectivity index (χ1n) is 6.00. The Morgan fingerprint density at radius 2 is 1.72 bits per heavy atom. The summed E-state index contributed by atoms with van der Waals surface area (Å²) >= 11 is 0. The zero-order valence-corrected chi connectivity index (χ0v) is 10.4. The first-order chi connectivity index (χ1) is 8.59. The molecule has 3 rings (SSSR count). The lowest BCUT2D eigenvalue weighted by Crippen LogP contribution is -2.28. The minimum atomic E-state index is -0.744. The summed E-state index contributed by atoms with van der Waals surface area (Å²) in [6.07, 6.45) is 1.59. The molecule has 90 valence electrons. The van der Waals surface area contributed by atoms with Crippen molar-refractivity contribution in [3.05, 3.63) is 54.3 Å². The monoisotopic (exact) mass is 238 g/mol. The summed E-state index contributed by atoms with van der Waals surface area (Å²) in [6.45, 7) is 3.59. The summed E-state index contributed by atoms with van der Waals surface area (Å²) in [5.41, 5.74) is 0.868. The molecule has 0 amide bonds. The molecule has 0 saturated carbocycles. The summed E-state index contributed by atoms with van der Waals surface area (Å²) in [5, 5.41) is 2.22. The van der Waals surface area contributed by atoms with Crippen LogP contribution in [-0.4, -0.2) is 11.4 Å². The molecule has 0 fully saturated rings. The van der Waals surface area contributed by atoms with Gasteiger partial charge in [-0.15, -0.1) is 0 Å². The van der Waals surface area contributed by atoms with Crippen LogP contribution in [0.25, 0.3) is 16.3 Å². The molecule has 0 aliphatic carbocycles. The van der Waals surface area contributed by atoms with Crippen molar-refractivity contribution in [3.8, 4) is 0 Å². The second-order valence-corrected chi connectivity index (χ2v) is 5.02. The van der Waals surface area contributed by atoms with Gasteiger partial charge in [-0.05, 0) is 30.2 Å². The summed E-state index contributed by atoms with van der Waals surface area (Å²) in [5.74, 6) is 0.0406. The molecule has 0 atom stereocenters. The second kappa shape index (κ2) is 3.70. The zero-order chi connectivity index (χ0) is 12.8. The molecule has 1 aliphatic heterocycles. The van der Waals surface area contributed by atoms with Crippen LogP contribution < -0.4 is 0 Å². The van der Waals surface area contributed by atoms with Crippen molar-refractivity contribution in [2.24, 2.45) is 0 Å². The summed E-state index contributed by atoms with van der Waals surface area (Å²) in [7, 11) is 0. The predicted molar refractivity (Wildman–Crippen MR) is 72.1 cm³/mol. The lowest BCUT2D eigenvalue weighted by atomic mass is 9.92. The van der Waals surface area contributed by atoms with Crippen LogP contribution in [0.5, 0.6) is 0 Å². The van der Waals surface area contributed by atoms with Gasteiger partial charge >= 0.3 is 0 Å². The summed E-state index contributed by atoms with van der Waals surface area (Å²) in [6, 6.07) is 14.0. The molecule has 0 N–H and O–H groups in total. The van der Waals surface area contributed by atoms with Gasteiger partial charge in [0, 0.05) is 0 Å². The molecular formula is C16H14O2. The molecule has 0 aromatic heterocycles. The van der Waals surface area contributed by atoms with Crippen LogP contribution in [0.3, 0.4) is 0 Å². The Morgan fingerprint density at radius 3 is 2.44 bits per heavy atom. The van der Waals surface area contributed by atoms with Crippen LogP contribution in [0.2, 0.25) is 0 Å². The van der Waals surface area contributed by atoms with E-state index in [0.717, 1.165) is 16.3 Å². The third-order valence-electron chi connectivity index (χ3n) is 3.34. The Labute approximate surface area is 106 Å². The number of Topliss-reactive ketones (excluding diaryl/α,β-unsaturated/α-hetero) is 1. The van der Waals surface area contributed by atoms with Crippen molar-refractivity contribution in [1.29, 1.82) is 0 Å². The van der Waals surface area contributed by atoms with E-state index in [2.05, 4.69) is 0 Å². The second-order valence-electron chi connectivity index (χ2n) is 5.02. The molecule has 0 spiro atoms. The van der Waals surface area contributed by atoms with Gasteiger partial charge in [-0.25, -0.2) is 0 Å². The van der Waals surface area contributed by atoms with E-state index in [1.54, 1.807) is 20.1 Å². The molecule has 0 bridgehead atoms. The molecule has 1 aliphatic rings. The first kappa shape index (κ1) is 11.0. The molecule has 1 heterocycles. The van der Waals surface area contributed by atoms with E-state index in [4.69, 9.17) is 4.74 Å². The van der Waals surface area contributed by atoms with Crippen LogP contribution >= 0.6 is 0 Å². The number of carbonyl (C=O) groups is 1. The number of hydrogen-bond donors (Lipinski definition) is 0. The Balaban J connectivity index is 2.20. The fraction of sp³-hybridized carbons (Fsp3) is 0.188. The van der Waals surface area contributed by atoms with Gasteiger partial charge in [0.25, 0.3) is 0 Å². The van der Waals surface area contributed by atoms with Gasteiger partial charge in [-0.3, -0.25) is 4.79 Å². The standard InChI is InChI=1S/C16H14O2/c1-16(2)15(17)14(10-18-16)13-9-5-7-11-6-3-4-8-12(11)13/h3-10H,1-2H3. The van der Waals surface area contributed by atoms with E-state index in [1.165, 1.54) is 0 Å². The number of benzene rings is 2. The van der Waals surface area contributed by atoms with Gasteiger partial charge in [0.05, 0.1) is 11.8 Å². The van der Waals surface area contributed by atoms with E-state index in [9.17, 15) is 4.79 Å². The van der Waals surface area contributed by atoms with Crippen molar-refractivity contribution < 1.29 is 9.53 Å². The van der Waals surface area contributed by atoms with E-state index < -0.39 is 5.60 Å². The van der Waals surface area contributed by atoms with Crippen molar-refractivity contribution in [3.63, 3.8) is 0 Å². The maximum Gasteiger partial charge on any atom is 0.209 e. The third-order valence-corrected chi connectivity index (χ3v) is 3.34. The molecule has 2 heteroatoms. The van der Waals surface area contributed by atoms with Gasteiger partial charge in [0.15, 0.2) is 5.60 Å². The van der Waals surface area contributed by atoms with Crippen molar-refractivity contribution in [2.45, 2.75) is 19.4 Å². The maximum atomic E-state index is 12.3. The molecule has 2 aromatic carbocycles. The van der Waals surface area contributed by atoms with Crippen molar-refractivity contribution in [1.82, 2.24) is 0 Å². The number of ketones is 1. The quantitative estimate of drug-likeness (QED) is 0.759. The van der Waals surface area contributed by atoms with Crippen LogP contribution in [0.1, 0.15) is 19.4 Å². The lowest BCUT2D eigenvalue weighted by Gasteiger charge is -2.15.